The minimum atomic E-state index is -0.535. The maximum atomic E-state index is 12.8. The molecule has 0 radical (unpaired) electrons. The Labute approximate surface area is 178 Å². The number of ether oxygens (including phenoxy) is 2. The van der Waals surface area contributed by atoms with Crippen molar-refractivity contribution in [3.05, 3.63) is 57.4 Å². The number of hydrogen-bond acceptors (Lipinski definition) is 5. The molecule has 1 unspecified atom stereocenters. The molecule has 1 aliphatic rings. The molecule has 3 aromatic rings. The summed E-state index contributed by atoms with van der Waals surface area (Å²) in [6, 6.07) is 13.1. The predicted octanol–water partition coefficient (Wildman–Crippen LogP) is 5.27. The topological polar surface area (TPSA) is 51.7 Å². The first-order valence-electron chi connectivity index (χ1n) is 9.37. The number of anilines is 1. The van der Waals surface area contributed by atoms with Crippen molar-refractivity contribution >= 4 is 34.5 Å². The lowest BCUT2D eigenvalue weighted by Gasteiger charge is -2.33. The maximum Gasteiger partial charge on any atom is 0.267 e. The van der Waals surface area contributed by atoms with Crippen LogP contribution < -0.4 is 14.4 Å². The van der Waals surface area contributed by atoms with E-state index in [9.17, 15) is 4.79 Å². The highest BCUT2D eigenvalue weighted by atomic mass is 35.5. The van der Waals surface area contributed by atoms with Crippen molar-refractivity contribution in [3.63, 3.8) is 0 Å². The van der Waals surface area contributed by atoms with E-state index < -0.39 is 6.10 Å². The van der Waals surface area contributed by atoms with Gasteiger partial charge in [0.1, 0.15) is 18.1 Å². The molecule has 1 aromatic heterocycles. The van der Waals surface area contributed by atoms with Gasteiger partial charge in [-0.15, -0.1) is 11.3 Å². The van der Waals surface area contributed by atoms with E-state index in [2.05, 4.69) is 11.9 Å². The summed E-state index contributed by atoms with van der Waals surface area (Å²) in [4.78, 5) is 20.3. The first-order valence-corrected chi connectivity index (χ1v) is 10.6. The lowest BCUT2D eigenvalue weighted by atomic mass is 10.1. The summed E-state index contributed by atoms with van der Waals surface area (Å²) in [6.07, 6.45) is -0.535. The van der Waals surface area contributed by atoms with Crippen LogP contribution >= 0.6 is 22.9 Å². The molecule has 7 heteroatoms. The zero-order valence-corrected chi connectivity index (χ0v) is 18.0. The standard InChI is InChI=1S/C22H21ClN2O3S/c1-13-22(26)25(10-11-27-18-7-5-17(23)6-8-18)19-12-16(4-9-20(19)28-13)21-14(2)29-15(3)24-21/h4-9,12-13H,10-11H2,1-3H3. The Morgan fingerprint density at radius 1 is 1.21 bits per heavy atom. The lowest BCUT2D eigenvalue weighted by molar-refractivity contribution is -0.125. The average molecular weight is 429 g/mol. The molecule has 0 saturated heterocycles. The van der Waals surface area contributed by atoms with Crippen LogP contribution in [0, 0.1) is 13.8 Å². The van der Waals surface area contributed by atoms with E-state index in [1.807, 2.05) is 37.3 Å². The van der Waals surface area contributed by atoms with Gasteiger partial charge in [-0.05, 0) is 63.2 Å². The molecule has 0 fully saturated rings. The fraction of sp³-hybridized carbons (Fsp3) is 0.273. The van der Waals surface area contributed by atoms with Crippen LogP contribution in [0.25, 0.3) is 11.3 Å². The van der Waals surface area contributed by atoms with Crippen molar-refractivity contribution < 1.29 is 14.3 Å². The summed E-state index contributed by atoms with van der Waals surface area (Å²) >= 11 is 7.57. The molecule has 1 atom stereocenters. The van der Waals surface area contributed by atoms with Crippen LogP contribution in [-0.2, 0) is 4.79 Å². The summed E-state index contributed by atoms with van der Waals surface area (Å²) in [5.41, 5.74) is 2.66. The van der Waals surface area contributed by atoms with Gasteiger partial charge in [0.2, 0.25) is 0 Å². The van der Waals surface area contributed by atoms with Gasteiger partial charge >= 0.3 is 0 Å². The van der Waals surface area contributed by atoms with Crippen LogP contribution in [0.2, 0.25) is 5.02 Å². The molecular formula is C22H21ClN2O3S. The number of benzene rings is 2. The molecule has 0 aliphatic carbocycles. The van der Waals surface area contributed by atoms with Crippen molar-refractivity contribution in [2.75, 3.05) is 18.1 Å². The number of carbonyl (C=O) groups is 1. The Kier molecular flexibility index (Phi) is 5.48. The summed E-state index contributed by atoms with van der Waals surface area (Å²) in [6.45, 7) is 6.59. The normalized spacial score (nSPS) is 15.8. The summed E-state index contributed by atoms with van der Waals surface area (Å²) in [7, 11) is 0. The molecule has 1 aliphatic heterocycles. The Morgan fingerprint density at radius 2 is 1.97 bits per heavy atom. The van der Waals surface area contributed by atoms with Gasteiger partial charge in [-0.3, -0.25) is 4.79 Å². The molecule has 29 heavy (non-hydrogen) atoms. The van der Waals surface area contributed by atoms with Crippen molar-refractivity contribution in [1.29, 1.82) is 0 Å². The van der Waals surface area contributed by atoms with Gasteiger partial charge in [-0.25, -0.2) is 4.98 Å². The molecule has 0 saturated carbocycles. The smallest absolute Gasteiger partial charge is 0.267 e. The Balaban J connectivity index is 1.58. The maximum absolute atomic E-state index is 12.8. The fourth-order valence-electron chi connectivity index (χ4n) is 3.37. The largest absolute Gasteiger partial charge is 0.492 e. The van der Waals surface area contributed by atoms with Gasteiger partial charge in [-0.1, -0.05) is 11.6 Å². The van der Waals surface area contributed by atoms with E-state index in [1.165, 1.54) is 0 Å². The predicted molar refractivity (Wildman–Crippen MR) is 116 cm³/mol. The molecule has 5 nitrogen and oxygen atoms in total. The number of aromatic nitrogens is 1. The quantitative estimate of drug-likeness (QED) is 0.555. The number of aryl methyl sites for hydroxylation is 2. The molecule has 4 rings (SSSR count). The van der Waals surface area contributed by atoms with Gasteiger partial charge in [0.05, 0.1) is 22.9 Å². The molecule has 150 valence electrons. The number of rotatable bonds is 5. The van der Waals surface area contributed by atoms with Crippen LogP contribution in [0.15, 0.2) is 42.5 Å². The van der Waals surface area contributed by atoms with E-state index in [4.69, 9.17) is 21.1 Å². The van der Waals surface area contributed by atoms with Gasteiger partial charge in [0, 0.05) is 15.5 Å². The van der Waals surface area contributed by atoms with E-state index in [0.29, 0.717) is 29.7 Å². The summed E-state index contributed by atoms with van der Waals surface area (Å²) in [5.74, 6) is 1.32. The van der Waals surface area contributed by atoms with E-state index in [-0.39, 0.29) is 5.91 Å². The number of carbonyl (C=O) groups excluding carboxylic acids is 1. The first kappa shape index (κ1) is 19.7. The lowest BCUT2D eigenvalue weighted by Crippen LogP contribution is -2.46. The van der Waals surface area contributed by atoms with Crippen LogP contribution in [-0.4, -0.2) is 30.1 Å². The molecule has 0 N–H and O–H groups in total. The second-order valence-corrected chi connectivity index (χ2v) is 8.72. The third kappa shape index (κ3) is 4.09. The van der Waals surface area contributed by atoms with Crippen LogP contribution in [0.5, 0.6) is 11.5 Å². The van der Waals surface area contributed by atoms with E-state index in [0.717, 1.165) is 26.8 Å². The number of amides is 1. The van der Waals surface area contributed by atoms with Gasteiger partial charge < -0.3 is 14.4 Å². The molecule has 2 aromatic carbocycles. The highest BCUT2D eigenvalue weighted by molar-refractivity contribution is 7.11. The van der Waals surface area contributed by atoms with Crippen molar-refractivity contribution in [3.8, 4) is 22.8 Å². The van der Waals surface area contributed by atoms with Crippen molar-refractivity contribution in [1.82, 2.24) is 4.98 Å². The highest BCUT2D eigenvalue weighted by Gasteiger charge is 2.32. The number of nitrogens with zero attached hydrogens (tertiary/aromatic N) is 2. The number of hydrogen-bond donors (Lipinski definition) is 0. The average Bonchev–Trinajstić information content (AvgIpc) is 3.04. The second kappa shape index (κ2) is 8.05. The van der Waals surface area contributed by atoms with Crippen molar-refractivity contribution in [2.45, 2.75) is 26.9 Å². The van der Waals surface area contributed by atoms with Crippen LogP contribution in [0.1, 0.15) is 16.8 Å². The van der Waals surface area contributed by atoms with E-state index in [1.54, 1.807) is 35.3 Å². The minimum absolute atomic E-state index is 0.0828. The van der Waals surface area contributed by atoms with Gasteiger partial charge in [-0.2, -0.15) is 0 Å². The first-order chi connectivity index (χ1) is 13.9. The highest BCUT2D eigenvalue weighted by Crippen LogP contribution is 2.38. The van der Waals surface area contributed by atoms with Crippen LogP contribution in [0.3, 0.4) is 0 Å². The number of fused-ring (bicyclic) bond motifs is 1. The van der Waals surface area contributed by atoms with Gasteiger partial charge in [0.15, 0.2) is 6.10 Å². The summed E-state index contributed by atoms with van der Waals surface area (Å²) in [5, 5.41) is 1.67. The van der Waals surface area contributed by atoms with Crippen molar-refractivity contribution in [2.24, 2.45) is 0 Å². The molecule has 2 heterocycles. The molecule has 0 bridgehead atoms. The summed E-state index contributed by atoms with van der Waals surface area (Å²) < 4.78 is 11.6. The minimum Gasteiger partial charge on any atom is -0.492 e. The SMILES string of the molecule is Cc1nc(-c2ccc3c(c2)N(CCOc2ccc(Cl)cc2)C(=O)C(C)O3)c(C)s1. The third-order valence-corrected chi connectivity index (χ3v) is 5.88. The molecule has 0 spiro atoms. The third-order valence-electron chi connectivity index (χ3n) is 4.74. The molecule has 1 amide bonds. The van der Waals surface area contributed by atoms with E-state index >= 15 is 0 Å². The van der Waals surface area contributed by atoms with Crippen LogP contribution in [0.4, 0.5) is 5.69 Å². The monoisotopic (exact) mass is 428 g/mol. The molecular weight excluding hydrogens is 408 g/mol. The Morgan fingerprint density at radius 3 is 2.66 bits per heavy atom. The van der Waals surface area contributed by atoms with Gasteiger partial charge in [0.25, 0.3) is 5.91 Å². The second-order valence-electron chi connectivity index (χ2n) is 6.87. The zero-order valence-electron chi connectivity index (χ0n) is 16.4. The Hall–Kier alpha value is -2.57. The zero-order chi connectivity index (χ0) is 20.5. The Bertz CT molecular complexity index is 1050. The number of thiazole rings is 1. The number of halogens is 1. The fourth-order valence-corrected chi connectivity index (χ4v) is 4.33.